The van der Waals surface area contributed by atoms with Crippen LogP contribution in [0.5, 0.6) is 0 Å². The second-order valence-electron chi connectivity index (χ2n) is 2.96. The summed E-state index contributed by atoms with van der Waals surface area (Å²) in [5, 5.41) is 0. The molecule has 1 aromatic heterocycles. The van der Waals surface area contributed by atoms with Crippen molar-refractivity contribution in [2.24, 2.45) is 10.8 Å². The number of hydrazine groups is 1. The number of nitrogens with zero attached hydrogens (tertiary/aromatic N) is 1. The molecule has 3 N–H and O–H groups in total. The van der Waals surface area contributed by atoms with Gasteiger partial charge in [0.1, 0.15) is 0 Å². The van der Waals surface area contributed by atoms with Gasteiger partial charge in [0.05, 0.1) is 14.7 Å². The number of aliphatic imine (C=N–C) groups is 1. The second kappa shape index (κ2) is 3.77. The summed E-state index contributed by atoms with van der Waals surface area (Å²) in [6.45, 7) is 0. The smallest absolute Gasteiger partial charge is 0.153 e. The molecule has 1 aliphatic rings. The van der Waals surface area contributed by atoms with Crippen molar-refractivity contribution < 1.29 is 0 Å². The largest absolute Gasteiger partial charge is 0.308 e. The lowest BCUT2D eigenvalue weighted by Crippen LogP contribution is -2.30. The molecule has 0 saturated heterocycles. The van der Waals surface area contributed by atoms with Crippen molar-refractivity contribution >= 4 is 33.1 Å². The third kappa shape index (κ3) is 2.30. The third-order valence-corrected chi connectivity index (χ3v) is 3.43. The van der Waals surface area contributed by atoms with E-state index in [2.05, 4.69) is 26.3 Å². The van der Waals surface area contributed by atoms with Gasteiger partial charge in [-0.1, -0.05) is 0 Å². The Balaban J connectivity index is 2.20. The molecule has 0 aliphatic heterocycles. The van der Waals surface area contributed by atoms with Crippen molar-refractivity contribution in [3.8, 4) is 0 Å². The molecular formula is C8H10BrN3S. The summed E-state index contributed by atoms with van der Waals surface area (Å²) in [4.78, 5) is 5.54. The third-order valence-electron chi connectivity index (χ3n) is 1.80. The van der Waals surface area contributed by atoms with Gasteiger partial charge >= 0.3 is 0 Å². The SMILES string of the molecule is NNC(=NC1CC1)c1ccc(Br)s1. The van der Waals surface area contributed by atoms with Crippen molar-refractivity contribution in [1.29, 1.82) is 0 Å². The van der Waals surface area contributed by atoms with Crippen LogP contribution in [0.1, 0.15) is 17.7 Å². The van der Waals surface area contributed by atoms with Gasteiger partial charge in [-0.3, -0.25) is 4.99 Å². The zero-order valence-corrected chi connectivity index (χ0v) is 9.36. The molecule has 1 heterocycles. The van der Waals surface area contributed by atoms with Gasteiger partial charge in [0, 0.05) is 0 Å². The quantitative estimate of drug-likeness (QED) is 0.369. The Kier molecular flexibility index (Phi) is 2.66. The van der Waals surface area contributed by atoms with E-state index in [1.54, 1.807) is 11.3 Å². The van der Waals surface area contributed by atoms with Crippen molar-refractivity contribution in [2.75, 3.05) is 0 Å². The summed E-state index contributed by atoms with van der Waals surface area (Å²) in [6.07, 6.45) is 2.38. The predicted molar refractivity (Wildman–Crippen MR) is 58.9 cm³/mol. The van der Waals surface area contributed by atoms with Crippen molar-refractivity contribution in [2.45, 2.75) is 18.9 Å². The molecule has 0 aromatic carbocycles. The predicted octanol–water partition coefficient (Wildman–Crippen LogP) is 1.88. The summed E-state index contributed by atoms with van der Waals surface area (Å²) in [5.41, 5.74) is 2.64. The fourth-order valence-electron chi connectivity index (χ4n) is 1.000. The van der Waals surface area contributed by atoms with Crippen LogP contribution in [0, 0.1) is 0 Å². The van der Waals surface area contributed by atoms with Crippen molar-refractivity contribution in [3.05, 3.63) is 20.8 Å². The van der Waals surface area contributed by atoms with E-state index in [1.807, 2.05) is 12.1 Å². The lowest BCUT2D eigenvalue weighted by molar-refractivity contribution is 0.975. The van der Waals surface area contributed by atoms with Crippen LogP contribution < -0.4 is 11.3 Å². The molecular weight excluding hydrogens is 250 g/mol. The fraction of sp³-hybridized carbons (Fsp3) is 0.375. The molecule has 0 spiro atoms. The molecule has 13 heavy (non-hydrogen) atoms. The molecule has 0 amide bonds. The molecule has 1 fully saturated rings. The number of rotatable bonds is 2. The monoisotopic (exact) mass is 259 g/mol. The van der Waals surface area contributed by atoms with Crippen LogP contribution in [0.25, 0.3) is 0 Å². The molecule has 0 bridgehead atoms. The molecule has 70 valence electrons. The first-order chi connectivity index (χ1) is 6.29. The van der Waals surface area contributed by atoms with E-state index in [-0.39, 0.29) is 0 Å². The summed E-state index contributed by atoms with van der Waals surface area (Å²) in [5.74, 6) is 6.20. The highest BCUT2D eigenvalue weighted by molar-refractivity contribution is 9.11. The highest BCUT2D eigenvalue weighted by Gasteiger charge is 2.21. The van der Waals surface area contributed by atoms with Crippen LogP contribution in [-0.4, -0.2) is 11.9 Å². The average molecular weight is 260 g/mol. The highest BCUT2D eigenvalue weighted by Crippen LogP contribution is 2.26. The Morgan fingerprint density at radius 2 is 2.38 bits per heavy atom. The Labute approximate surface area is 89.1 Å². The van der Waals surface area contributed by atoms with Gasteiger partial charge in [-0.2, -0.15) is 0 Å². The summed E-state index contributed by atoms with van der Waals surface area (Å²) >= 11 is 5.04. The number of hydrogen-bond donors (Lipinski definition) is 2. The normalized spacial score (nSPS) is 17.5. The molecule has 1 aliphatic carbocycles. The number of amidine groups is 1. The van der Waals surface area contributed by atoms with Gasteiger partial charge in [-0.05, 0) is 40.9 Å². The van der Waals surface area contributed by atoms with Gasteiger partial charge < -0.3 is 5.43 Å². The number of nitrogens with two attached hydrogens (primary N) is 1. The Hall–Kier alpha value is -0.390. The Bertz CT molecular complexity index is 330. The molecule has 2 rings (SSSR count). The van der Waals surface area contributed by atoms with Gasteiger partial charge in [0.2, 0.25) is 0 Å². The van der Waals surface area contributed by atoms with E-state index >= 15 is 0 Å². The van der Waals surface area contributed by atoms with E-state index in [1.165, 1.54) is 12.8 Å². The maximum absolute atomic E-state index is 5.40. The first kappa shape index (κ1) is 9.18. The Morgan fingerprint density at radius 1 is 1.62 bits per heavy atom. The fourth-order valence-corrected chi connectivity index (χ4v) is 2.35. The second-order valence-corrected chi connectivity index (χ2v) is 5.42. The zero-order valence-electron chi connectivity index (χ0n) is 6.96. The number of halogens is 1. The maximum Gasteiger partial charge on any atom is 0.153 e. The standard InChI is InChI=1S/C8H10BrN3S/c9-7-4-3-6(13-7)8(12-10)11-5-1-2-5/h3-5H,1-2,10H2,(H,11,12). The van der Waals surface area contributed by atoms with Crippen LogP contribution in [-0.2, 0) is 0 Å². The summed E-state index contributed by atoms with van der Waals surface area (Å²) < 4.78 is 1.10. The van der Waals surface area contributed by atoms with E-state index in [9.17, 15) is 0 Å². The summed E-state index contributed by atoms with van der Waals surface area (Å²) in [6, 6.07) is 4.50. The lowest BCUT2D eigenvalue weighted by Gasteiger charge is -2.01. The topological polar surface area (TPSA) is 50.4 Å². The van der Waals surface area contributed by atoms with E-state index in [4.69, 9.17) is 5.84 Å². The first-order valence-corrected chi connectivity index (χ1v) is 5.70. The van der Waals surface area contributed by atoms with Crippen LogP contribution >= 0.6 is 27.3 Å². The molecule has 0 unspecified atom stereocenters. The molecule has 0 atom stereocenters. The summed E-state index contributed by atoms with van der Waals surface area (Å²) in [7, 11) is 0. The maximum atomic E-state index is 5.40. The number of nitrogens with one attached hydrogen (secondary N) is 1. The van der Waals surface area contributed by atoms with Crippen molar-refractivity contribution in [3.63, 3.8) is 0 Å². The molecule has 1 aromatic rings. The van der Waals surface area contributed by atoms with E-state index in [0.717, 1.165) is 14.5 Å². The minimum absolute atomic E-state index is 0.493. The number of thiophene rings is 1. The minimum atomic E-state index is 0.493. The van der Waals surface area contributed by atoms with Gasteiger partial charge in [-0.15, -0.1) is 11.3 Å². The molecule has 0 radical (unpaired) electrons. The number of hydrogen-bond acceptors (Lipinski definition) is 3. The Morgan fingerprint density at radius 3 is 2.85 bits per heavy atom. The minimum Gasteiger partial charge on any atom is -0.308 e. The van der Waals surface area contributed by atoms with Gasteiger partial charge in [-0.25, -0.2) is 5.84 Å². The van der Waals surface area contributed by atoms with Crippen LogP contribution in [0.3, 0.4) is 0 Å². The van der Waals surface area contributed by atoms with E-state index in [0.29, 0.717) is 6.04 Å². The molecule has 1 saturated carbocycles. The van der Waals surface area contributed by atoms with E-state index < -0.39 is 0 Å². The molecule has 3 nitrogen and oxygen atoms in total. The van der Waals surface area contributed by atoms with Gasteiger partial charge in [0.25, 0.3) is 0 Å². The molecule has 5 heteroatoms. The lowest BCUT2D eigenvalue weighted by atomic mass is 10.4. The van der Waals surface area contributed by atoms with Gasteiger partial charge in [0.15, 0.2) is 5.84 Å². The average Bonchev–Trinajstić information content (AvgIpc) is 2.84. The van der Waals surface area contributed by atoms with Crippen LogP contribution in [0.2, 0.25) is 0 Å². The highest BCUT2D eigenvalue weighted by atomic mass is 79.9. The van der Waals surface area contributed by atoms with Crippen LogP contribution in [0.15, 0.2) is 20.9 Å². The zero-order chi connectivity index (χ0) is 9.26. The first-order valence-electron chi connectivity index (χ1n) is 4.09. The van der Waals surface area contributed by atoms with Crippen molar-refractivity contribution in [1.82, 2.24) is 5.43 Å². The van der Waals surface area contributed by atoms with Crippen LogP contribution in [0.4, 0.5) is 0 Å².